The highest BCUT2D eigenvalue weighted by Crippen LogP contribution is 2.34. The second-order valence-corrected chi connectivity index (χ2v) is 6.69. The molecule has 0 radical (unpaired) electrons. The number of hydrogen-bond acceptors (Lipinski definition) is 2. The number of benzene rings is 1. The zero-order valence-corrected chi connectivity index (χ0v) is 13.8. The number of fused-ring (bicyclic) bond motifs is 1. The van der Waals surface area contributed by atoms with Gasteiger partial charge >= 0.3 is 23.7 Å². The number of aromatic nitrogens is 2. The average Bonchev–Trinajstić information content (AvgIpc) is 2.82. The minimum Gasteiger partial charge on any atom is -0.233 e. The third kappa shape index (κ3) is 2.83. The van der Waals surface area contributed by atoms with E-state index in [9.17, 15) is 13.2 Å². The molecule has 7 heteroatoms. The number of hydrogen-bond donors (Lipinski definition) is 0. The molecule has 0 saturated heterocycles. The highest BCUT2D eigenvalue weighted by Gasteiger charge is 2.38. The zero-order chi connectivity index (χ0) is 17.7. The number of alkyl halides is 3. The van der Waals surface area contributed by atoms with Gasteiger partial charge in [0.2, 0.25) is 5.69 Å². The third-order valence-electron chi connectivity index (χ3n) is 3.70. The molecule has 1 aromatic heterocycles. The van der Waals surface area contributed by atoms with E-state index < -0.39 is 11.7 Å². The zero-order valence-electron chi connectivity index (χ0n) is 13.8. The lowest BCUT2D eigenvalue weighted by atomic mass is 9.96. The molecule has 124 valence electrons. The van der Waals surface area contributed by atoms with Crippen molar-refractivity contribution in [2.45, 2.75) is 32.4 Å². The first-order valence-corrected chi connectivity index (χ1v) is 7.42. The summed E-state index contributed by atoms with van der Waals surface area (Å²) in [6.07, 6.45) is -2.65. The van der Waals surface area contributed by atoms with Gasteiger partial charge in [-0.2, -0.15) is 18.2 Å². The number of halogens is 3. The van der Waals surface area contributed by atoms with E-state index in [2.05, 4.69) is 16.0 Å². The van der Waals surface area contributed by atoms with Crippen LogP contribution < -0.4 is 4.58 Å². The Morgan fingerprint density at radius 2 is 1.67 bits per heavy atom. The van der Waals surface area contributed by atoms with Gasteiger partial charge in [-0.15, -0.1) is 0 Å². The molecule has 0 saturated carbocycles. The van der Waals surface area contributed by atoms with Crippen molar-refractivity contribution in [3.8, 4) is 0 Å². The van der Waals surface area contributed by atoms with Gasteiger partial charge in [0, 0.05) is 17.5 Å². The Bertz CT molecular complexity index is 868. The lowest BCUT2D eigenvalue weighted by molar-refractivity contribution is -0.394. The third-order valence-corrected chi connectivity index (χ3v) is 3.70. The average molecular weight is 334 g/mol. The van der Waals surface area contributed by atoms with Crippen LogP contribution in [0.3, 0.4) is 0 Å². The van der Waals surface area contributed by atoms with E-state index in [0.717, 1.165) is 17.8 Å². The molecule has 0 fully saturated rings. The Hall–Kier alpha value is -2.53. The van der Waals surface area contributed by atoms with E-state index in [1.54, 1.807) is 22.4 Å². The van der Waals surface area contributed by atoms with Crippen molar-refractivity contribution < 1.29 is 17.7 Å². The summed E-state index contributed by atoms with van der Waals surface area (Å²) in [4.78, 5) is 8.97. The fraction of sp³-hybridized carbons (Fsp3) is 0.353. The van der Waals surface area contributed by atoms with Gasteiger partial charge in [0.25, 0.3) is 0 Å². The Morgan fingerprint density at radius 1 is 1.04 bits per heavy atom. The van der Waals surface area contributed by atoms with Gasteiger partial charge in [0.1, 0.15) is 12.0 Å². The molecule has 0 bridgehead atoms. The van der Waals surface area contributed by atoms with Crippen molar-refractivity contribution in [3.05, 3.63) is 41.9 Å². The van der Waals surface area contributed by atoms with Gasteiger partial charge in [-0.3, -0.25) is 0 Å². The minimum absolute atomic E-state index is 0.234. The summed E-state index contributed by atoms with van der Waals surface area (Å²) in [5.41, 5.74) is 0.397. The monoisotopic (exact) mass is 334 g/mol. The summed E-state index contributed by atoms with van der Waals surface area (Å²) < 4.78 is 41.5. The summed E-state index contributed by atoms with van der Waals surface area (Å²) in [5, 5.41) is 0. The van der Waals surface area contributed by atoms with Crippen LogP contribution in [0.2, 0.25) is 0 Å². The van der Waals surface area contributed by atoms with Crippen LogP contribution in [-0.2, 0) is 11.6 Å². The molecule has 0 aliphatic carbocycles. The number of nitrogens with zero attached hydrogens (tertiary/aromatic N) is 4. The minimum atomic E-state index is -4.35. The highest BCUT2D eigenvalue weighted by molar-refractivity contribution is 5.70. The molecular formula is C17H17F3N4+2. The maximum atomic E-state index is 12.7. The predicted octanol–water partition coefficient (Wildman–Crippen LogP) is 4.09. The van der Waals surface area contributed by atoms with Crippen molar-refractivity contribution in [3.63, 3.8) is 0 Å². The van der Waals surface area contributed by atoms with Crippen LogP contribution in [0, 0.1) is 0 Å². The van der Waals surface area contributed by atoms with Crippen molar-refractivity contribution >= 4 is 23.2 Å². The largest absolute Gasteiger partial charge is 0.497 e. The van der Waals surface area contributed by atoms with E-state index >= 15 is 0 Å². The van der Waals surface area contributed by atoms with Crippen molar-refractivity contribution in [1.82, 2.24) is 14.5 Å². The summed E-state index contributed by atoms with van der Waals surface area (Å²) >= 11 is 0. The molecule has 1 aliphatic heterocycles. The SMILES string of the molecule is C[N+]1=C=[N+](c2ccc(C(F)(F)F)cc2)c2nc(C(C)(C)C)ncc21. The molecule has 24 heavy (non-hydrogen) atoms. The highest BCUT2D eigenvalue weighted by atomic mass is 19.4. The first-order valence-electron chi connectivity index (χ1n) is 7.42. The quantitative estimate of drug-likeness (QED) is 0.736. The molecular weight excluding hydrogens is 317 g/mol. The van der Waals surface area contributed by atoms with Crippen LogP contribution in [0.1, 0.15) is 32.2 Å². The normalized spacial score (nSPS) is 14.3. The second-order valence-electron chi connectivity index (χ2n) is 6.69. The molecule has 2 heterocycles. The second kappa shape index (κ2) is 5.24. The predicted molar refractivity (Wildman–Crippen MR) is 84.5 cm³/mol. The summed E-state index contributed by atoms with van der Waals surface area (Å²) in [6.45, 7) is 6.01. The fourth-order valence-electron chi connectivity index (χ4n) is 2.36. The van der Waals surface area contributed by atoms with Gasteiger partial charge in [0.15, 0.2) is 7.05 Å². The van der Waals surface area contributed by atoms with E-state index in [1.807, 2.05) is 20.8 Å². The van der Waals surface area contributed by atoms with Gasteiger partial charge in [-0.1, -0.05) is 25.3 Å². The molecule has 0 unspecified atom stereocenters. The van der Waals surface area contributed by atoms with E-state index in [0.29, 0.717) is 17.3 Å². The lowest BCUT2D eigenvalue weighted by Crippen LogP contribution is -2.17. The molecule has 1 aromatic carbocycles. The molecule has 0 amide bonds. The molecule has 1 aliphatic rings. The lowest BCUT2D eigenvalue weighted by Gasteiger charge is -2.14. The molecule has 0 N–H and O–H groups in total. The van der Waals surface area contributed by atoms with Crippen LogP contribution in [0.4, 0.5) is 30.4 Å². The van der Waals surface area contributed by atoms with E-state index in [4.69, 9.17) is 0 Å². The van der Waals surface area contributed by atoms with Crippen LogP contribution >= 0.6 is 0 Å². The molecule has 0 atom stereocenters. The van der Waals surface area contributed by atoms with Crippen molar-refractivity contribution in [1.29, 1.82) is 0 Å². The van der Waals surface area contributed by atoms with E-state index in [1.165, 1.54) is 12.1 Å². The first-order chi connectivity index (χ1) is 11.1. The Balaban J connectivity index is 2.07. The van der Waals surface area contributed by atoms with Gasteiger partial charge < -0.3 is 0 Å². The fourth-order valence-corrected chi connectivity index (χ4v) is 2.36. The maximum absolute atomic E-state index is 12.7. The number of rotatable bonds is 1. The van der Waals surface area contributed by atoms with Crippen LogP contribution in [0.5, 0.6) is 0 Å². The van der Waals surface area contributed by atoms with Crippen LogP contribution in [0.15, 0.2) is 30.5 Å². The Labute approximate surface area is 137 Å². The summed E-state index contributed by atoms with van der Waals surface area (Å²) in [7, 11) is 1.79. The topological polar surface area (TPSA) is 31.8 Å². The molecule has 0 spiro atoms. The van der Waals surface area contributed by atoms with Crippen molar-refractivity contribution in [2.75, 3.05) is 7.05 Å². The first kappa shape index (κ1) is 16.3. The summed E-state index contributed by atoms with van der Waals surface area (Å²) in [5.74, 6) is 1.27. The summed E-state index contributed by atoms with van der Waals surface area (Å²) in [6, 6.07) is 8.00. The van der Waals surface area contributed by atoms with Gasteiger partial charge in [0.05, 0.1) is 5.56 Å². The smallest absolute Gasteiger partial charge is 0.233 e. The molecule has 2 aromatic rings. The standard InChI is InChI=1S/C17H17F3N4/c1-16(2,3)15-21-9-13-14(22-15)24(10-23(13)4)12-7-5-11(6-8-12)17(18,19)20/h5-9H,1-4H3/q+2. The van der Waals surface area contributed by atoms with Crippen LogP contribution in [-0.4, -0.2) is 27.6 Å². The van der Waals surface area contributed by atoms with Gasteiger partial charge in [-0.25, -0.2) is 4.98 Å². The Morgan fingerprint density at radius 3 is 2.21 bits per heavy atom. The molecule has 4 nitrogen and oxygen atoms in total. The maximum Gasteiger partial charge on any atom is 0.497 e. The van der Waals surface area contributed by atoms with Crippen LogP contribution in [0.25, 0.3) is 0 Å². The van der Waals surface area contributed by atoms with E-state index in [-0.39, 0.29) is 5.41 Å². The van der Waals surface area contributed by atoms with Gasteiger partial charge in [-0.05, 0) is 16.7 Å². The van der Waals surface area contributed by atoms with Crippen molar-refractivity contribution in [2.24, 2.45) is 0 Å². The Kier molecular flexibility index (Phi) is 3.57. The molecule has 3 rings (SSSR count).